The molecule has 0 bridgehead atoms. The van der Waals surface area contributed by atoms with E-state index in [0.717, 1.165) is 68.2 Å². The number of hydrogen-bond donors (Lipinski definition) is 2. The smallest absolute Gasteiger partial charge is 0.338 e. The molecular formula is C33H32F3N5O6S. The van der Waals surface area contributed by atoms with Gasteiger partial charge in [0.1, 0.15) is 16.9 Å². The van der Waals surface area contributed by atoms with E-state index in [2.05, 4.69) is 20.6 Å². The number of nitrogens with one attached hydrogen (secondary N) is 2. The fourth-order valence-corrected chi connectivity index (χ4v) is 6.38. The normalized spacial score (nSPS) is 16.6. The van der Waals surface area contributed by atoms with E-state index in [4.69, 9.17) is 18.9 Å². The maximum absolute atomic E-state index is 13.8. The number of carbonyl (C=O) groups is 2. The van der Waals surface area contributed by atoms with Gasteiger partial charge in [0, 0.05) is 43.0 Å². The number of anilines is 1. The van der Waals surface area contributed by atoms with E-state index in [-0.39, 0.29) is 11.3 Å². The Morgan fingerprint density at radius 3 is 2.50 bits per heavy atom. The molecule has 48 heavy (non-hydrogen) atoms. The van der Waals surface area contributed by atoms with Crippen molar-refractivity contribution in [3.05, 3.63) is 83.8 Å². The van der Waals surface area contributed by atoms with E-state index in [9.17, 15) is 22.8 Å². The summed E-state index contributed by atoms with van der Waals surface area (Å²) in [7, 11) is 1.57. The van der Waals surface area contributed by atoms with E-state index >= 15 is 0 Å². The van der Waals surface area contributed by atoms with E-state index in [1.54, 1.807) is 43.6 Å². The lowest BCUT2D eigenvalue weighted by Gasteiger charge is -2.26. The summed E-state index contributed by atoms with van der Waals surface area (Å²) in [5, 5.41) is 3.33. The monoisotopic (exact) mass is 683 g/mol. The van der Waals surface area contributed by atoms with Crippen LogP contribution in [0, 0.1) is 17.5 Å². The molecule has 3 heterocycles. The molecule has 15 heteroatoms. The van der Waals surface area contributed by atoms with Crippen molar-refractivity contribution in [2.45, 2.75) is 11.8 Å². The van der Waals surface area contributed by atoms with Gasteiger partial charge in [-0.15, -0.1) is 11.8 Å². The predicted octanol–water partition coefficient (Wildman–Crippen LogP) is 5.86. The number of morpholine rings is 1. The molecule has 1 aromatic heterocycles. The fraction of sp³-hybridized carbons (Fsp3) is 0.303. The minimum absolute atomic E-state index is 0.00598. The number of thioether (sulfide) groups is 1. The number of methoxy groups -OCH3 is 1. The number of nitrogens with zero attached hydrogens (tertiary/aromatic N) is 3. The van der Waals surface area contributed by atoms with E-state index in [1.165, 1.54) is 0 Å². The van der Waals surface area contributed by atoms with E-state index in [0.29, 0.717) is 46.2 Å². The van der Waals surface area contributed by atoms with Crippen LogP contribution in [0.2, 0.25) is 0 Å². The number of urea groups is 1. The molecule has 252 valence electrons. The average molecular weight is 684 g/mol. The first kappa shape index (κ1) is 33.2. The topological polar surface area (TPSA) is 114 Å². The van der Waals surface area contributed by atoms with Gasteiger partial charge in [0.25, 0.3) is 5.91 Å². The minimum Gasteiger partial charge on any atom is -0.493 e. The predicted molar refractivity (Wildman–Crippen MR) is 173 cm³/mol. The van der Waals surface area contributed by atoms with Crippen molar-refractivity contribution in [2.24, 2.45) is 0 Å². The number of amides is 3. The highest BCUT2D eigenvalue weighted by Gasteiger charge is 2.35. The van der Waals surface area contributed by atoms with E-state index < -0.39 is 34.8 Å². The highest BCUT2D eigenvalue weighted by Crippen LogP contribution is 2.39. The van der Waals surface area contributed by atoms with Gasteiger partial charge in [-0.3, -0.25) is 14.7 Å². The lowest BCUT2D eigenvalue weighted by molar-refractivity contribution is -0.130. The first-order valence-electron chi connectivity index (χ1n) is 15.1. The molecule has 4 aromatic rings. The van der Waals surface area contributed by atoms with Crippen LogP contribution in [0.25, 0.3) is 10.9 Å². The fourth-order valence-electron chi connectivity index (χ4n) is 5.30. The Balaban J connectivity index is 1.07. The van der Waals surface area contributed by atoms with Gasteiger partial charge in [0.05, 0.1) is 38.2 Å². The standard InChI is InChI=1S/C33H32F3N5O6S/c1-44-28-17-23-26(18-29(28)46-12-2-9-40-10-13-45-14-11-40)37-8-7-27(23)47-22-5-3-21(4-6-22)38-33(43)39-41-30(42)19-48-32(41)20-15-24(34)31(36)25(35)16-20/h3-8,15-18,32H,2,9-14,19H2,1H3,(H2,38,39,43). The van der Waals surface area contributed by atoms with Gasteiger partial charge in [-0.25, -0.2) is 28.4 Å². The van der Waals surface area contributed by atoms with Crippen LogP contribution in [0.15, 0.2) is 60.8 Å². The summed E-state index contributed by atoms with van der Waals surface area (Å²) in [5.41, 5.74) is 3.44. The lowest BCUT2D eigenvalue weighted by atomic mass is 10.1. The van der Waals surface area contributed by atoms with Crippen LogP contribution in [-0.4, -0.2) is 79.1 Å². The molecule has 1 unspecified atom stereocenters. The van der Waals surface area contributed by atoms with Gasteiger partial charge in [-0.05, 0) is 60.5 Å². The second-order valence-electron chi connectivity index (χ2n) is 10.9. The molecule has 2 saturated heterocycles. The molecule has 2 aliphatic rings. The molecule has 1 atom stereocenters. The Labute approximate surface area is 278 Å². The van der Waals surface area contributed by atoms with Crippen molar-refractivity contribution in [1.82, 2.24) is 20.3 Å². The molecule has 2 N–H and O–H groups in total. The molecular weight excluding hydrogens is 651 g/mol. The number of ether oxygens (including phenoxy) is 4. The first-order valence-corrected chi connectivity index (χ1v) is 16.2. The summed E-state index contributed by atoms with van der Waals surface area (Å²) < 4.78 is 64.3. The molecule has 6 rings (SSSR count). The third-order valence-corrected chi connectivity index (χ3v) is 8.90. The highest BCUT2D eigenvalue weighted by atomic mass is 32.2. The largest absolute Gasteiger partial charge is 0.493 e. The van der Waals surface area contributed by atoms with Gasteiger partial charge >= 0.3 is 6.03 Å². The molecule has 2 fully saturated rings. The van der Waals surface area contributed by atoms with Gasteiger partial charge in [-0.2, -0.15) is 0 Å². The second kappa shape index (κ2) is 15.0. The Kier molecular flexibility index (Phi) is 10.4. The number of rotatable bonds is 11. The minimum atomic E-state index is -1.61. The van der Waals surface area contributed by atoms with Crippen molar-refractivity contribution in [3.8, 4) is 23.0 Å². The zero-order valence-corrected chi connectivity index (χ0v) is 26.7. The molecule has 3 amide bonds. The van der Waals surface area contributed by atoms with Crippen molar-refractivity contribution in [3.63, 3.8) is 0 Å². The van der Waals surface area contributed by atoms with Crippen LogP contribution >= 0.6 is 11.8 Å². The zero-order chi connectivity index (χ0) is 33.6. The average Bonchev–Trinajstić information content (AvgIpc) is 3.45. The van der Waals surface area contributed by atoms with Crippen LogP contribution in [0.5, 0.6) is 23.0 Å². The molecule has 2 aliphatic heterocycles. The van der Waals surface area contributed by atoms with Gasteiger partial charge in [0.15, 0.2) is 29.0 Å². The third kappa shape index (κ3) is 7.69. The molecule has 0 spiro atoms. The Morgan fingerprint density at radius 2 is 1.77 bits per heavy atom. The summed E-state index contributed by atoms with van der Waals surface area (Å²) in [6.07, 6.45) is 2.49. The molecule has 0 saturated carbocycles. The maximum atomic E-state index is 13.8. The molecule has 0 radical (unpaired) electrons. The van der Waals surface area contributed by atoms with Gasteiger partial charge in [-0.1, -0.05) is 0 Å². The summed E-state index contributed by atoms with van der Waals surface area (Å²) in [6.45, 7) is 4.81. The van der Waals surface area contributed by atoms with Gasteiger partial charge < -0.3 is 24.3 Å². The number of hydrogen-bond acceptors (Lipinski definition) is 9. The SMILES string of the molecule is COc1cc2c(Oc3ccc(NC(=O)NN4C(=O)CSC4c4cc(F)c(F)c(F)c4)cc3)ccnc2cc1OCCCN1CCOCC1. The molecule has 3 aromatic carbocycles. The van der Waals surface area contributed by atoms with Crippen LogP contribution < -0.4 is 25.0 Å². The summed E-state index contributed by atoms with van der Waals surface area (Å²) in [4.78, 5) is 32.0. The Hall–Kier alpha value is -4.73. The van der Waals surface area contributed by atoms with Crippen LogP contribution in [0.4, 0.5) is 23.7 Å². The zero-order valence-electron chi connectivity index (χ0n) is 25.8. The van der Waals surface area contributed by atoms with Crippen molar-refractivity contribution in [2.75, 3.05) is 57.6 Å². The summed E-state index contributed by atoms with van der Waals surface area (Å²) >= 11 is 1.04. The Morgan fingerprint density at radius 1 is 1.02 bits per heavy atom. The number of fused-ring (bicyclic) bond motifs is 1. The Bertz CT molecular complexity index is 1770. The van der Waals surface area contributed by atoms with Gasteiger partial charge in [0.2, 0.25) is 0 Å². The quantitative estimate of drug-likeness (QED) is 0.148. The number of carbonyl (C=O) groups excluding carboxylic acids is 2. The lowest BCUT2D eigenvalue weighted by Crippen LogP contribution is -2.46. The summed E-state index contributed by atoms with van der Waals surface area (Å²) in [5.74, 6) is -2.79. The van der Waals surface area contributed by atoms with Crippen LogP contribution in [-0.2, 0) is 9.53 Å². The van der Waals surface area contributed by atoms with Crippen molar-refractivity contribution in [1.29, 1.82) is 0 Å². The van der Waals surface area contributed by atoms with Crippen molar-refractivity contribution >= 4 is 40.3 Å². The first-order chi connectivity index (χ1) is 23.3. The highest BCUT2D eigenvalue weighted by molar-refractivity contribution is 8.00. The van der Waals surface area contributed by atoms with E-state index in [1.807, 2.05) is 12.1 Å². The second-order valence-corrected chi connectivity index (χ2v) is 12.0. The number of aromatic nitrogens is 1. The van der Waals surface area contributed by atoms with Crippen molar-refractivity contribution < 1.29 is 41.7 Å². The molecule has 11 nitrogen and oxygen atoms in total. The molecule has 0 aliphatic carbocycles. The number of halogens is 3. The maximum Gasteiger partial charge on any atom is 0.338 e. The van der Waals surface area contributed by atoms with Crippen LogP contribution in [0.1, 0.15) is 17.4 Å². The summed E-state index contributed by atoms with van der Waals surface area (Å²) in [6, 6.07) is 12.7. The number of hydrazine groups is 1. The number of pyridine rings is 1. The third-order valence-electron chi connectivity index (χ3n) is 7.69. The number of benzene rings is 3. The van der Waals surface area contributed by atoms with Crippen LogP contribution in [0.3, 0.4) is 0 Å².